The average molecular weight is 107 g/mol. The molecule has 0 unspecified atom stereocenters. The Hall–Kier alpha value is 0.390. The molecule has 2 heteroatoms. The fraction of sp³-hybridized carbons (Fsp3) is 1.00. The third-order valence-corrected chi connectivity index (χ3v) is 2.34. The summed E-state index contributed by atoms with van der Waals surface area (Å²) in [7, 11) is 1.22. The Balaban J connectivity index is 2.75. The van der Waals surface area contributed by atoms with Crippen LogP contribution >= 0.6 is 9.39 Å². The van der Waals surface area contributed by atoms with Gasteiger partial charge in [0.25, 0.3) is 0 Å². The maximum atomic E-state index is 2.39. The van der Waals surface area contributed by atoms with Gasteiger partial charge in [0.15, 0.2) is 0 Å². The predicted octanol–water partition coefficient (Wildman–Crippen LogP) is 0.583. The average Bonchev–Trinajstić information content (AvgIpc) is 1.65. The molecule has 0 amide bonds. The summed E-state index contributed by atoms with van der Waals surface area (Å²) in [5, 5.41) is 0. The Morgan fingerprint density at radius 1 is 1.33 bits per heavy atom. The molecule has 0 aromatic rings. The first kappa shape index (κ1) is 6.39. The van der Waals surface area contributed by atoms with E-state index in [1.165, 1.54) is 22.5 Å². The minimum absolute atomic E-state index is 1.22. The predicted molar refractivity (Wildman–Crippen MR) is 35.4 cm³/mol. The molecule has 0 aliphatic heterocycles. The molecule has 0 atom stereocenters. The number of rotatable bonds is 2. The van der Waals surface area contributed by atoms with Crippen molar-refractivity contribution in [3.05, 3.63) is 0 Å². The molecule has 0 spiro atoms. The molecule has 0 saturated heterocycles. The van der Waals surface area contributed by atoms with Crippen LogP contribution in [0.15, 0.2) is 0 Å². The van der Waals surface area contributed by atoms with Crippen molar-refractivity contribution in [1.29, 1.82) is 0 Å². The van der Waals surface area contributed by atoms with Crippen molar-refractivity contribution in [3.8, 4) is 0 Å². The standard InChI is InChI=1S/C4H14NP/c1-3-5(6)4-2/h3-4H2,1-2H3,6H4. The van der Waals surface area contributed by atoms with Gasteiger partial charge in [-0.3, -0.25) is 0 Å². The first-order valence-corrected chi connectivity index (χ1v) is 3.39. The van der Waals surface area contributed by atoms with Crippen molar-refractivity contribution in [1.82, 2.24) is 4.67 Å². The van der Waals surface area contributed by atoms with Crippen molar-refractivity contribution in [2.24, 2.45) is 0 Å². The van der Waals surface area contributed by atoms with E-state index in [1.54, 1.807) is 0 Å². The molecule has 0 rings (SSSR count). The van der Waals surface area contributed by atoms with Gasteiger partial charge in [-0.2, -0.15) is 0 Å². The summed E-state index contributed by atoms with van der Waals surface area (Å²) in [6, 6.07) is 0. The molecule has 0 N–H and O–H groups in total. The molecule has 0 heterocycles. The van der Waals surface area contributed by atoms with Crippen LogP contribution in [0.4, 0.5) is 0 Å². The second-order valence-electron chi connectivity index (χ2n) is 1.49. The van der Waals surface area contributed by atoms with Crippen molar-refractivity contribution >= 4 is 9.39 Å². The zero-order chi connectivity index (χ0) is 4.99. The van der Waals surface area contributed by atoms with Gasteiger partial charge in [0.2, 0.25) is 0 Å². The van der Waals surface area contributed by atoms with Crippen LogP contribution in [0.5, 0.6) is 0 Å². The van der Waals surface area contributed by atoms with E-state index in [1.807, 2.05) is 0 Å². The first-order valence-electron chi connectivity index (χ1n) is 2.49. The van der Waals surface area contributed by atoms with Gasteiger partial charge in [0.05, 0.1) is 0 Å². The van der Waals surface area contributed by atoms with E-state index >= 15 is 0 Å². The van der Waals surface area contributed by atoms with E-state index in [-0.39, 0.29) is 0 Å². The van der Waals surface area contributed by atoms with E-state index < -0.39 is 0 Å². The van der Waals surface area contributed by atoms with Crippen molar-refractivity contribution in [3.63, 3.8) is 0 Å². The SMILES string of the molecule is CCN([PH4])CC. The number of hydrogen-bond acceptors (Lipinski definition) is 1. The fourth-order valence-corrected chi connectivity index (χ4v) is 0.224. The fourth-order valence-electron chi connectivity index (χ4n) is 0.224. The van der Waals surface area contributed by atoms with Gasteiger partial charge in [0.1, 0.15) is 0 Å². The van der Waals surface area contributed by atoms with Gasteiger partial charge in [-0.15, -0.1) is 0 Å². The zero-order valence-electron chi connectivity index (χ0n) is 4.86. The second kappa shape index (κ2) is 3.58. The zero-order valence-corrected chi connectivity index (χ0v) is 6.86. The molecule has 0 fully saturated rings. The number of nitrogens with zero attached hydrogens (tertiary/aromatic N) is 1. The van der Waals surface area contributed by atoms with Crippen molar-refractivity contribution < 1.29 is 0 Å². The summed E-state index contributed by atoms with van der Waals surface area (Å²) < 4.78 is 2.39. The Morgan fingerprint density at radius 3 is 1.67 bits per heavy atom. The molecule has 0 saturated carbocycles. The van der Waals surface area contributed by atoms with Crippen LogP contribution in [0, 0.1) is 0 Å². The molecule has 40 valence electrons. The van der Waals surface area contributed by atoms with Gasteiger partial charge in [0, 0.05) is 0 Å². The Labute approximate surface area is 42.0 Å². The van der Waals surface area contributed by atoms with Crippen LogP contribution in [0.1, 0.15) is 13.8 Å². The summed E-state index contributed by atoms with van der Waals surface area (Å²) >= 11 is 0. The number of hydrogen-bond donors (Lipinski definition) is 0. The minimum atomic E-state index is 1.22. The monoisotopic (exact) mass is 107 g/mol. The molecule has 0 aromatic heterocycles. The maximum absolute atomic E-state index is 2.39. The van der Waals surface area contributed by atoms with Gasteiger partial charge in [-0.1, -0.05) is 0 Å². The summed E-state index contributed by atoms with van der Waals surface area (Å²) in [6.07, 6.45) is 0. The first-order chi connectivity index (χ1) is 2.81. The van der Waals surface area contributed by atoms with Crippen LogP contribution in [0.25, 0.3) is 0 Å². The normalized spacial score (nSPS) is 10.2. The molecule has 0 radical (unpaired) electrons. The topological polar surface area (TPSA) is 3.24 Å². The molecule has 6 heavy (non-hydrogen) atoms. The molecule has 0 aliphatic carbocycles. The quantitative estimate of drug-likeness (QED) is 0.467. The molecule has 0 aromatic carbocycles. The van der Waals surface area contributed by atoms with Crippen molar-refractivity contribution in [2.45, 2.75) is 13.8 Å². The Morgan fingerprint density at radius 2 is 1.67 bits per heavy atom. The third kappa shape index (κ3) is 2.62. The molecule has 0 bridgehead atoms. The molecular formula is C4H14NP. The van der Waals surface area contributed by atoms with Crippen LogP contribution in [0.2, 0.25) is 0 Å². The van der Waals surface area contributed by atoms with E-state index in [0.717, 1.165) is 0 Å². The summed E-state index contributed by atoms with van der Waals surface area (Å²) in [5.74, 6) is 0. The van der Waals surface area contributed by atoms with Gasteiger partial charge in [-0.05, 0) is 0 Å². The summed E-state index contributed by atoms with van der Waals surface area (Å²) in [6.45, 7) is 6.83. The van der Waals surface area contributed by atoms with Crippen LogP contribution < -0.4 is 0 Å². The Kier molecular flexibility index (Phi) is 3.81. The van der Waals surface area contributed by atoms with Gasteiger partial charge in [-0.25, -0.2) is 0 Å². The van der Waals surface area contributed by atoms with Crippen LogP contribution in [0.3, 0.4) is 0 Å². The molecular weight excluding hydrogens is 93.0 g/mol. The second-order valence-corrected chi connectivity index (χ2v) is 2.75. The molecule has 0 aliphatic rings. The van der Waals surface area contributed by atoms with E-state index in [2.05, 4.69) is 18.5 Å². The summed E-state index contributed by atoms with van der Waals surface area (Å²) in [5.41, 5.74) is 0. The van der Waals surface area contributed by atoms with Crippen molar-refractivity contribution in [2.75, 3.05) is 13.1 Å². The van der Waals surface area contributed by atoms with E-state index in [9.17, 15) is 0 Å². The Bertz CT molecular complexity index is 26.7. The third-order valence-electron chi connectivity index (χ3n) is 1.08. The van der Waals surface area contributed by atoms with Gasteiger partial charge < -0.3 is 0 Å². The summed E-state index contributed by atoms with van der Waals surface area (Å²) in [4.78, 5) is 0. The van der Waals surface area contributed by atoms with Crippen LogP contribution in [-0.4, -0.2) is 17.8 Å². The van der Waals surface area contributed by atoms with E-state index in [4.69, 9.17) is 0 Å². The van der Waals surface area contributed by atoms with E-state index in [0.29, 0.717) is 0 Å². The van der Waals surface area contributed by atoms with Crippen LogP contribution in [-0.2, 0) is 0 Å². The van der Waals surface area contributed by atoms with Gasteiger partial charge >= 0.3 is 41.0 Å². The molecule has 1 nitrogen and oxygen atoms in total.